The summed E-state index contributed by atoms with van der Waals surface area (Å²) in [6.07, 6.45) is 1.88. The Labute approximate surface area is 268 Å². The highest BCUT2D eigenvalue weighted by atomic mass is 35.5. The number of ketones is 1. The summed E-state index contributed by atoms with van der Waals surface area (Å²) in [6.45, 7) is 11.6. The number of carbonyl (C=O) groups excluding carboxylic acids is 1. The largest absolute Gasteiger partial charge is 0.473 e. The van der Waals surface area contributed by atoms with Crippen LogP contribution in [0.5, 0.6) is 5.88 Å². The average molecular weight is 632 g/mol. The first-order chi connectivity index (χ1) is 21.7. The van der Waals surface area contributed by atoms with Crippen LogP contribution >= 0.6 is 11.6 Å². The Hall–Kier alpha value is -4.05. The van der Waals surface area contributed by atoms with E-state index in [0.717, 1.165) is 60.0 Å². The molecule has 0 radical (unpaired) electrons. The van der Waals surface area contributed by atoms with E-state index in [1.54, 1.807) is 32.2 Å². The number of piperidine rings is 1. The van der Waals surface area contributed by atoms with Crippen LogP contribution in [0.3, 0.4) is 0 Å². The molecule has 0 aliphatic carbocycles. The van der Waals surface area contributed by atoms with Gasteiger partial charge >= 0.3 is 0 Å². The number of likely N-dealkylation sites (tertiary alicyclic amines) is 1. The van der Waals surface area contributed by atoms with E-state index >= 15 is 0 Å². The van der Waals surface area contributed by atoms with Crippen LogP contribution in [0.15, 0.2) is 72.9 Å². The number of Topliss-reactive ketones (excluding diaryl/α,β-unsaturated/α-hetero) is 1. The van der Waals surface area contributed by atoms with Gasteiger partial charge in [-0.3, -0.25) is 14.8 Å². The normalized spacial score (nSPS) is 14.0. The molecule has 0 spiro atoms. The molecule has 0 atom stereocenters. The lowest BCUT2D eigenvalue weighted by Crippen LogP contribution is -2.38. The van der Waals surface area contributed by atoms with Gasteiger partial charge in [-0.15, -0.1) is 0 Å². The minimum atomic E-state index is -0.395. The number of aryl methyl sites for hydroxylation is 1. The zero-order valence-corrected chi connectivity index (χ0v) is 26.7. The van der Waals surface area contributed by atoms with E-state index in [2.05, 4.69) is 26.6 Å². The Morgan fingerprint density at radius 3 is 2.67 bits per heavy atom. The van der Waals surface area contributed by atoms with Crippen molar-refractivity contribution in [3.8, 4) is 5.88 Å². The van der Waals surface area contributed by atoms with Gasteiger partial charge < -0.3 is 14.4 Å². The van der Waals surface area contributed by atoms with E-state index in [4.69, 9.17) is 26.1 Å². The van der Waals surface area contributed by atoms with Crippen LogP contribution in [0.2, 0.25) is 5.02 Å². The lowest BCUT2D eigenvalue weighted by Gasteiger charge is -2.35. The summed E-state index contributed by atoms with van der Waals surface area (Å²) < 4.78 is 25.2. The number of benzene rings is 2. The molecule has 0 saturated carbocycles. The number of rotatable bonds is 13. The highest BCUT2D eigenvalue weighted by Gasteiger charge is 2.25. The Kier molecular flexibility index (Phi) is 10.7. The maximum Gasteiger partial charge on any atom is 0.213 e. The van der Waals surface area contributed by atoms with Crippen molar-refractivity contribution in [2.75, 3.05) is 31.6 Å². The number of aromatic nitrogens is 3. The maximum atomic E-state index is 14.2. The number of methoxy groups -OCH3 is 1. The number of halogens is 2. The number of nitrogens with one attached hydrogen (secondary N) is 1. The van der Waals surface area contributed by atoms with Gasteiger partial charge in [0.05, 0.1) is 24.5 Å². The minimum Gasteiger partial charge on any atom is -0.473 e. The second-order valence-corrected chi connectivity index (χ2v) is 11.9. The number of carbonyl (C=O) groups is 1. The van der Waals surface area contributed by atoms with Crippen LogP contribution in [0, 0.1) is 12.7 Å². The fraction of sp³-hybridized carbons (Fsp3) is 0.343. The molecule has 3 heterocycles. The highest BCUT2D eigenvalue weighted by molar-refractivity contribution is 6.30. The topological polar surface area (TPSA) is 83.6 Å². The predicted molar refractivity (Wildman–Crippen MR) is 174 cm³/mol. The Bertz CT molecular complexity index is 1650. The second-order valence-electron chi connectivity index (χ2n) is 11.5. The van der Waals surface area contributed by atoms with Gasteiger partial charge in [0.25, 0.3) is 0 Å². The highest BCUT2D eigenvalue weighted by Crippen LogP contribution is 2.31. The van der Waals surface area contributed by atoms with E-state index in [1.165, 1.54) is 6.07 Å². The van der Waals surface area contributed by atoms with Crippen LogP contribution in [-0.4, -0.2) is 52.6 Å². The first-order valence-corrected chi connectivity index (χ1v) is 15.4. The molecule has 10 heteroatoms. The molecule has 45 heavy (non-hydrogen) atoms. The van der Waals surface area contributed by atoms with Crippen molar-refractivity contribution in [1.82, 2.24) is 20.1 Å². The minimum absolute atomic E-state index is 0.0213. The third-order valence-corrected chi connectivity index (χ3v) is 8.38. The summed E-state index contributed by atoms with van der Waals surface area (Å²) in [5, 5.41) is 7.84. The monoisotopic (exact) mass is 631 g/mol. The third kappa shape index (κ3) is 8.36. The van der Waals surface area contributed by atoms with E-state index in [0.29, 0.717) is 47.6 Å². The van der Waals surface area contributed by atoms with Crippen molar-refractivity contribution in [3.05, 3.63) is 118 Å². The molecule has 4 aromatic rings. The molecular formula is C35H39ClFN5O3. The Morgan fingerprint density at radius 2 is 1.93 bits per heavy atom. The molecule has 1 aliphatic rings. The fourth-order valence-corrected chi connectivity index (χ4v) is 5.79. The zero-order chi connectivity index (χ0) is 31.9. The van der Waals surface area contributed by atoms with Crippen molar-refractivity contribution < 1.29 is 18.7 Å². The second kappa shape index (κ2) is 14.8. The van der Waals surface area contributed by atoms with Crippen molar-refractivity contribution in [3.63, 3.8) is 0 Å². The van der Waals surface area contributed by atoms with E-state index in [-0.39, 0.29) is 12.4 Å². The van der Waals surface area contributed by atoms with Gasteiger partial charge in [-0.25, -0.2) is 9.37 Å². The van der Waals surface area contributed by atoms with Crippen LogP contribution in [-0.2, 0) is 24.5 Å². The number of anilines is 1. The summed E-state index contributed by atoms with van der Waals surface area (Å²) >= 11 is 5.87. The van der Waals surface area contributed by atoms with E-state index in [9.17, 15) is 9.18 Å². The van der Waals surface area contributed by atoms with Gasteiger partial charge in [0.2, 0.25) is 5.88 Å². The molecule has 2 aromatic heterocycles. The van der Waals surface area contributed by atoms with Crippen molar-refractivity contribution >= 4 is 23.1 Å². The summed E-state index contributed by atoms with van der Waals surface area (Å²) in [5.74, 6) is 0.394. The first kappa shape index (κ1) is 32.3. The van der Waals surface area contributed by atoms with Crippen LogP contribution in [0.4, 0.5) is 10.1 Å². The summed E-state index contributed by atoms with van der Waals surface area (Å²) in [5.41, 5.74) is 6.77. The molecule has 1 saturated heterocycles. The van der Waals surface area contributed by atoms with Gasteiger partial charge in [-0.1, -0.05) is 42.4 Å². The molecule has 2 aromatic carbocycles. The summed E-state index contributed by atoms with van der Waals surface area (Å²) in [6, 6.07) is 18.1. The predicted octanol–water partition coefficient (Wildman–Crippen LogP) is 7.23. The molecule has 0 bridgehead atoms. The summed E-state index contributed by atoms with van der Waals surface area (Å²) in [7, 11) is 1.65. The third-order valence-electron chi connectivity index (χ3n) is 8.14. The zero-order valence-electron chi connectivity index (χ0n) is 26.0. The van der Waals surface area contributed by atoms with Crippen molar-refractivity contribution in [2.45, 2.75) is 52.4 Å². The lowest BCUT2D eigenvalue weighted by atomic mass is 9.93. The number of aromatic amines is 1. The molecular weight excluding hydrogens is 593 g/mol. The standard InChI is InChI=1S/C35H39ClFN5O3/c1-23-8-9-27(25(3)43)16-34(23)42(20-30-18-31(22-44-4)40-39-30)24(2)19-41-14-12-26(13-15-41)33-6-5-7-35(38-33)45-21-28-10-11-29(36)17-32(28)37/h5-11,16-18,26H,2,12-15,19-22H2,1,3-4H3,(H,39,40). The van der Waals surface area contributed by atoms with E-state index < -0.39 is 5.82 Å². The van der Waals surface area contributed by atoms with Gasteiger partial charge in [-0.2, -0.15) is 5.10 Å². The number of H-pyrrole nitrogens is 1. The van der Waals surface area contributed by atoms with Gasteiger partial charge in [0.15, 0.2) is 5.78 Å². The van der Waals surface area contributed by atoms with Gasteiger partial charge in [0.1, 0.15) is 12.4 Å². The van der Waals surface area contributed by atoms with Crippen molar-refractivity contribution in [2.24, 2.45) is 0 Å². The number of hydrogen-bond donors (Lipinski definition) is 1. The molecule has 5 rings (SSSR count). The Balaban J connectivity index is 1.23. The van der Waals surface area contributed by atoms with Gasteiger partial charge in [-0.05, 0) is 75.7 Å². The SMILES string of the molecule is C=C(CN1CCC(c2cccc(OCc3ccc(Cl)cc3F)n2)CC1)N(Cc1cc(COC)n[nH]1)c1cc(C(C)=O)ccc1C. The fourth-order valence-electron chi connectivity index (χ4n) is 5.63. The van der Waals surface area contributed by atoms with Crippen LogP contribution in [0.1, 0.15) is 64.2 Å². The maximum absolute atomic E-state index is 14.2. The molecule has 1 N–H and O–H groups in total. The first-order valence-electron chi connectivity index (χ1n) is 15.0. The average Bonchev–Trinajstić information content (AvgIpc) is 3.47. The smallest absolute Gasteiger partial charge is 0.213 e. The molecule has 1 aliphatic heterocycles. The quantitative estimate of drug-likeness (QED) is 0.156. The number of nitrogens with zero attached hydrogens (tertiary/aromatic N) is 4. The summed E-state index contributed by atoms with van der Waals surface area (Å²) in [4.78, 5) is 21.6. The number of hydrogen-bond acceptors (Lipinski definition) is 7. The number of ether oxygens (including phenoxy) is 2. The molecule has 0 unspecified atom stereocenters. The van der Waals surface area contributed by atoms with Crippen LogP contribution in [0.25, 0.3) is 0 Å². The number of pyridine rings is 1. The molecule has 8 nitrogen and oxygen atoms in total. The lowest BCUT2D eigenvalue weighted by molar-refractivity contribution is 0.101. The molecule has 0 amide bonds. The molecule has 236 valence electrons. The molecule has 1 fully saturated rings. The van der Waals surface area contributed by atoms with Crippen LogP contribution < -0.4 is 9.64 Å². The van der Waals surface area contributed by atoms with E-state index in [1.807, 2.05) is 43.3 Å². The van der Waals surface area contributed by atoms with Crippen molar-refractivity contribution in [1.29, 1.82) is 0 Å². The Morgan fingerprint density at radius 1 is 1.13 bits per heavy atom. The van der Waals surface area contributed by atoms with Gasteiger partial charge in [0, 0.05) is 58.9 Å².